The highest BCUT2D eigenvalue weighted by molar-refractivity contribution is 5.31. The molecule has 1 aromatic heterocycles. The predicted molar refractivity (Wildman–Crippen MR) is 57.0 cm³/mol. The normalized spacial score (nSPS) is 22.4. The van der Waals surface area contributed by atoms with Crippen molar-refractivity contribution in [2.75, 3.05) is 11.4 Å². The number of rotatable bonds is 2. The van der Waals surface area contributed by atoms with E-state index in [2.05, 4.69) is 28.2 Å². The van der Waals surface area contributed by atoms with Gasteiger partial charge in [0, 0.05) is 25.0 Å². The zero-order valence-electron chi connectivity index (χ0n) is 8.56. The average molecular weight is 190 g/mol. The van der Waals surface area contributed by atoms with E-state index in [-0.39, 0.29) is 0 Å². The predicted octanol–water partition coefficient (Wildman–Crippen LogP) is 2.06. The Bertz CT molecular complexity index is 273. The van der Waals surface area contributed by atoms with Gasteiger partial charge >= 0.3 is 0 Å². The highest BCUT2D eigenvalue weighted by Gasteiger charge is 2.22. The summed E-state index contributed by atoms with van der Waals surface area (Å²) >= 11 is 0. The molecule has 1 atom stereocenters. The fourth-order valence-corrected chi connectivity index (χ4v) is 1.94. The van der Waals surface area contributed by atoms with E-state index in [9.17, 15) is 0 Å². The molecule has 14 heavy (non-hydrogen) atoms. The van der Waals surface area contributed by atoms with Gasteiger partial charge in [0.05, 0.1) is 0 Å². The zero-order valence-corrected chi connectivity index (χ0v) is 8.56. The third-order valence-electron chi connectivity index (χ3n) is 2.73. The number of hydrogen-bond acceptors (Lipinski definition) is 3. The van der Waals surface area contributed by atoms with Gasteiger partial charge in [-0.2, -0.15) is 0 Å². The van der Waals surface area contributed by atoms with Crippen molar-refractivity contribution in [1.29, 1.82) is 0 Å². The molecule has 0 aromatic carbocycles. The van der Waals surface area contributed by atoms with Crippen molar-refractivity contribution in [3.8, 4) is 0 Å². The molecule has 1 saturated heterocycles. The Labute approximate surface area is 85.2 Å². The van der Waals surface area contributed by atoms with Crippen molar-refractivity contribution in [2.45, 2.75) is 32.2 Å². The Kier molecular flexibility index (Phi) is 2.96. The molecule has 1 aromatic rings. The van der Waals surface area contributed by atoms with Gasteiger partial charge in [-0.3, -0.25) is 0 Å². The molecule has 0 spiro atoms. The second-order valence-corrected chi connectivity index (χ2v) is 3.62. The number of piperidine rings is 1. The van der Waals surface area contributed by atoms with Crippen LogP contribution in [0.4, 0.5) is 5.95 Å². The summed E-state index contributed by atoms with van der Waals surface area (Å²) in [4.78, 5) is 10.9. The fraction of sp³-hybridized carbons (Fsp3) is 0.545. The third-order valence-corrected chi connectivity index (χ3v) is 2.73. The van der Waals surface area contributed by atoms with Gasteiger partial charge in [-0.25, -0.2) is 9.97 Å². The summed E-state index contributed by atoms with van der Waals surface area (Å²) < 4.78 is 0. The molecule has 0 N–H and O–H groups in total. The molecule has 1 aliphatic heterocycles. The molecular weight excluding hydrogens is 174 g/mol. The molecule has 1 radical (unpaired) electrons. The lowest BCUT2D eigenvalue weighted by Gasteiger charge is -2.34. The lowest BCUT2D eigenvalue weighted by Crippen LogP contribution is -2.40. The maximum Gasteiger partial charge on any atom is 0.225 e. The smallest absolute Gasteiger partial charge is 0.225 e. The summed E-state index contributed by atoms with van der Waals surface area (Å²) in [5.41, 5.74) is 0. The SMILES string of the molecule is CCC1C[CH]CCN1c1ncccn1. The lowest BCUT2D eigenvalue weighted by atomic mass is 10.0. The van der Waals surface area contributed by atoms with Crippen molar-refractivity contribution in [2.24, 2.45) is 0 Å². The van der Waals surface area contributed by atoms with E-state index in [1.165, 1.54) is 0 Å². The van der Waals surface area contributed by atoms with Gasteiger partial charge in [0.2, 0.25) is 5.95 Å². The monoisotopic (exact) mass is 190 g/mol. The first kappa shape index (κ1) is 9.44. The molecule has 1 aliphatic rings. The van der Waals surface area contributed by atoms with Gasteiger partial charge in [-0.05, 0) is 31.7 Å². The summed E-state index contributed by atoms with van der Waals surface area (Å²) in [6.07, 6.45) is 9.46. The fourth-order valence-electron chi connectivity index (χ4n) is 1.94. The van der Waals surface area contributed by atoms with Crippen molar-refractivity contribution in [1.82, 2.24) is 9.97 Å². The second kappa shape index (κ2) is 4.40. The topological polar surface area (TPSA) is 29.0 Å². The lowest BCUT2D eigenvalue weighted by molar-refractivity contribution is 0.504. The van der Waals surface area contributed by atoms with Crippen molar-refractivity contribution in [3.05, 3.63) is 24.9 Å². The summed E-state index contributed by atoms with van der Waals surface area (Å²) in [5, 5.41) is 0. The van der Waals surface area contributed by atoms with Gasteiger partial charge in [0.15, 0.2) is 0 Å². The van der Waals surface area contributed by atoms with Crippen molar-refractivity contribution in [3.63, 3.8) is 0 Å². The first-order chi connectivity index (χ1) is 6.92. The first-order valence-electron chi connectivity index (χ1n) is 5.27. The minimum atomic E-state index is 0.589. The Morgan fingerprint density at radius 1 is 1.43 bits per heavy atom. The number of hydrogen-bond donors (Lipinski definition) is 0. The van der Waals surface area contributed by atoms with E-state index in [1.807, 2.05) is 18.5 Å². The molecule has 2 rings (SSSR count). The van der Waals surface area contributed by atoms with Crippen LogP contribution in [-0.4, -0.2) is 22.6 Å². The van der Waals surface area contributed by atoms with Crippen molar-refractivity contribution < 1.29 is 0 Å². The molecule has 0 saturated carbocycles. The zero-order chi connectivity index (χ0) is 9.80. The van der Waals surface area contributed by atoms with Gasteiger partial charge in [0.25, 0.3) is 0 Å². The van der Waals surface area contributed by atoms with Crippen LogP contribution < -0.4 is 4.90 Å². The summed E-state index contributed by atoms with van der Waals surface area (Å²) in [6, 6.07) is 2.45. The van der Waals surface area contributed by atoms with E-state index in [4.69, 9.17) is 0 Å². The minimum Gasteiger partial charge on any atom is -0.338 e. The first-order valence-corrected chi connectivity index (χ1v) is 5.27. The van der Waals surface area contributed by atoms with Gasteiger partial charge < -0.3 is 4.90 Å². The van der Waals surface area contributed by atoms with Crippen LogP contribution in [-0.2, 0) is 0 Å². The largest absolute Gasteiger partial charge is 0.338 e. The quantitative estimate of drug-likeness (QED) is 0.714. The molecule has 3 nitrogen and oxygen atoms in total. The van der Waals surface area contributed by atoms with Gasteiger partial charge in [0.1, 0.15) is 0 Å². The van der Waals surface area contributed by atoms with Crippen LogP contribution in [0.25, 0.3) is 0 Å². The Balaban J connectivity index is 2.15. The highest BCUT2D eigenvalue weighted by Crippen LogP contribution is 2.22. The molecule has 1 fully saturated rings. The molecule has 0 amide bonds. The van der Waals surface area contributed by atoms with Gasteiger partial charge in [-0.1, -0.05) is 6.92 Å². The molecule has 0 aliphatic carbocycles. The minimum absolute atomic E-state index is 0.589. The summed E-state index contributed by atoms with van der Waals surface area (Å²) in [5.74, 6) is 0.882. The number of nitrogens with zero attached hydrogens (tertiary/aromatic N) is 3. The van der Waals surface area contributed by atoms with Crippen LogP contribution in [0.3, 0.4) is 0 Å². The van der Waals surface area contributed by atoms with Crippen LogP contribution in [0.15, 0.2) is 18.5 Å². The Morgan fingerprint density at radius 3 is 2.93 bits per heavy atom. The molecule has 75 valence electrons. The van der Waals surface area contributed by atoms with Gasteiger partial charge in [-0.15, -0.1) is 0 Å². The number of aromatic nitrogens is 2. The second-order valence-electron chi connectivity index (χ2n) is 3.62. The Morgan fingerprint density at radius 2 is 2.21 bits per heavy atom. The van der Waals surface area contributed by atoms with Crippen molar-refractivity contribution >= 4 is 5.95 Å². The molecule has 1 unspecified atom stereocenters. The maximum atomic E-state index is 4.30. The summed E-state index contributed by atoms with van der Waals surface area (Å²) in [6.45, 7) is 3.28. The molecule has 3 heteroatoms. The highest BCUT2D eigenvalue weighted by atomic mass is 15.3. The Hall–Kier alpha value is -1.12. The van der Waals surface area contributed by atoms with E-state index in [0.29, 0.717) is 6.04 Å². The van der Waals surface area contributed by atoms with Crippen LogP contribution >= 0.6 is 0 Å². The standard InChI is InChI=1S/C11H16N3/c1-2-10-6-3-4-9-14(10)11-12-7-5-8-13-11/h3,5,7-8,10H,2,4,6,9H2,1H3. The van der Waals surface area contributed by atoms with Crippen LogP contribution in [0.1, 0.15) is 26.2 Å². The maximum absolute atomic E-state index is 4.30. The van der Waals surface area contributed by atoms with Crippen LogP contribution in [0.5, 0.6) is 0 Å². The molecular formula is C11H16N3. The molecule has 0 bridgehead atoms. The molecule has 2 heterocycles. The number of anilines is 1. The average Bonchev–Trinajstić information content (AvgIpc) is 2.30. The van der Waals surface area contributed by atoms with Crippen LogP contribution in [0, 0.1) is 6.42 Å². The van der Waals surface area contributed by atoms with E-state index in [0.717, 1.165) is 31.8 Å². The van der Waals surface area contributed by atoms with Crippen LogP contribution in [0.2, 0.25) is 0 Å². The summed E-state index contributed by atoms with van der Waals surface area (Å²) in [7, 11) is 0. The van der Waals surface area contributed by atoms with E-state index < -0.39 is 0 Å². The van der Waals surface area contributed by atoms with E-state index in [1.54, 1.807) is 0 Å². The van der Waals surface area contributed by atoms with E-state index >= 15 is 0 Å². The third kappa shape index (κ3) is 1.86.